The fourth-order valence-corrected chi connectivity index (χ4v) is 2.60. The van der Waals surface area contributed by atoms with Gasteiger partial charge < -0.3 is 9.64 Å². The molecular weight excluding hydrogens is 233 g/mol. The molecule has 18 heavy (non-hydrogen) atoms. The van der Waals surface area contributed by atoms with E-state index in [-0.39, 0.29) is 23.6 Å². The molecule has 1 aliphatic rings. The standard InChI is InChI=1S/C14H18FNO2/c1-16-8-7-12(14(17)18-2)13(9-16)10-3-5-11(15)6-4-10/h3-6,12-13H,7-9H2,1-2H3. The maximum atomic E-state index is 13.0. The second-order valence-corrected chi connectivity index (χ2v) is 4.84. The van der Waals surface area contributed by atoms with Crippen LogP contribution in [0.15, 0.2) is 24.3 Å². The Bertz CT molecular complexity index is 418. The number of carbonyl (C=O) groups is 1. The van der Waals surface area contributed by atoms with E-state index >= 15 is 0 Å². The number of nitrogens with zero attached hydrogens (tertiary/aromatic N) is 1. The fraction of sp³-hybridized carbons (Fsp3) is 0.500. The lowest BCUT2D eigenvalue weighted by Gasteiger charge is -2.35. The molecule has 0 amide bonds. The van der Waals surface area contributed by atoms with Gasteiger partial charge in [-0.1, -0.05) is 12.1 Å². The maximum Gasteiger partial charge on any atom is 0.309 e. The van der Waals surface area contributed by atoms with Crippen LogP contribution in [0, 0.1) is 11.7 Å². The van der Waals surface area contributed by atoms with E-state index < -0.39 is 0 Å². The number of piperidine rings is 1. The number of carbonyl (C=O) groups excluding carboxylic acids is 1. The minimum Gasteiger partial charge on any atom is -0.469 e. The number of methoxy groups -OCH3 is 1. The quantitative estimate of drug-likeness (QED) is 0.753. The van der Waals surface area contributed by atoms with E-state index in [1.54, 1.807) is 12.1 Å². The predicted molar refractivity (Wildman–Crippen MR) is 66.8 cm³/mol. The van der Waals surface area contributed by atoms with Crippen LogP contribution in [0.1, 0.15) is 17.9 Å². The number of halogens is 1. The van der Waals surface area contributed by atoms with E-state index in [1.165, 1.54) is 19.2 Å². The summed E-state index contributed by atoms with van der Waals surface area (Å²) in [7, 11) is 3.45. The SMILES string of the molecule is COC(=O)C1CCN(C)CC1c1ccc(F)cc1. The van der Waals surface area contributed by atoms with Gasteiger partial charge in [0.2, 0.25) is 0 Å². The van der Waals surface area contributed by atoms with Crippen molar-refractivity contribution in [1.29, 1.82) is 0 Å². The van der Waals surface area contributed by atoms with Crippen LogP contribution in [0.4, 0.5) is 4.39 Å². The van der Waals surface area contributed by atoms with Crippen LogP contribution in [0.25, 0.3) is 0 Å². The number of ether oxygens (including phenoxy) is 1. The molecule has 0 aromatic heterocycles. The zero-order valence-corrected chi connectivity index (χ0v) is 10.7. The third-order valence-electron chi connectivity index (χ3n) is 3.62. The van der Waals surface area contributed by atoms with Crippen molar-refractivity contribution in [3.63, 3.8) is 0 Å². The van der Waals surface area contributed by atoms with Crippen LogP contribution in [-0.2, 0) is 9.53 Å². The van der Waals surface area contributed by atoms with Crippen molar-refractivity contribution in [1.82, 2.24) is 4.90 Å². The van der Waals surface area contributed by atoms with Crippen molar-refractivity contribution in [2.24, 2.45) is 5.92 Å². The normalized spacial score (nSPS) is 24.8. The highest BCUT2D eigenvalue weighted by Crippen LogP contribution is 2.32. The Kier molecular flexibility index (Phi) is 3.97. The number of esters is 1. The lowest BCUT2D eigenvalue weighted by atomic mass is 9.81. The monoisotopic (exact) mass is 251 g/mol. The molecule has 0 spiro atoms. The number of likely N-dealkylation sites (N-methyl/N-ethyl adjacent to an activating group) is 1. The van der Waals surface area contributed by atoms with Gasteiger partial charge in [-0.2, -0.15) is 0 Å². The van der Waals surface area contributed by atoms with Crippen LogP contribution >= 0.6 is 0 Å². The smallest absolute Gasteiger partial charge is 0.309 e. The zero-order chi connectivity index (χ0) is 13.1. The Hall–Kier alpha value is -1.42. The topological polar surface area (TPSA) is 29.5 Å². The zero-order valence-electron chi connectivity index (χ0n) is 10.7. The Labute approximate surface area is 107 Å². The number of hydrogen-bond donors (Lipinski definition) is 0. The molecule has 2 unspecified atom stereocenters. The molecule has 0 saturated carbocycles. The molecule has 1 aliphatic heterocycles. The maximum absolute atomic E-state index is 13.0. The molecular formula is C14H18FNO2. The molecule has 1 heterocycles. The van der Waals surface area contributed by atoms with E-state index in [0.29, 0.717) is 0 Å². The van der Waals surface area contributed by atoms with Gasteiger partial charge in [-0.15, -0.1) is 0 Å². The molecule has 1 aromatic carbocycles. The summed E-state index contributed by atoms with van der Waals surface area (Å²) in [5.41, 5.74) is 0.998. The summed E-state index contributed by atoms with van der Waals surface area (Å²) in [6, 6.07) is 6.40. The molecule has 0 bridgehead atoms. The van der Waals surface area contributed by atoms with Gasteiger partial charge in [0, 0.05) is 12.5 Å². The molecule has 1 saturated heterocycles. The van der Waals surface area contributed by atoms with Gasteiger partial charge in [-0.3, -0.25) is 4.79 Å². The Balaban J connectivity index is 2.24. The summed E-state index contributed by atoms with van der Waals surface area (Å²) in [6.07, 6.45) is 0.783. The first-order valence-corrected chi connectivity index (χ1v) is 6.13. The van der Waals surface area contributed by atoms with E-state index in [9.17, 15) is 9.18 Å². The van der Waals surface area contributed by atoms with Crippen LogP contribution in [-0.4, -0.2) is 38.1 Å². The minimum absolute atomic E-state index is 0.0804. The molecule has 2 atom stereocenters. The van der Waals surface area contributed by atoms with Gasteiger partial charge in [-0.25, -0.2) is 4.39 Å². The largest absolute Gasteiger partial charge is 0.469 e. The summed E-state index contributed by atoms with van der Waals surface area (Å²) in [6.45, 7) is 1.68. The van der Waals surface area contributed by atoms with Gasteiger partial charge >= 0.3 is 5.97 Å². The second kappa shape index (κ2) is 5.48. The number of benzene rings is 1. The average Bonchev–Trinajstić information content (AvgIpc) is 2.38. The predicted octanol–water partition coefficient (Wildman–Crippen LogP) is 2.03. The number of hydrogen-bond acceptors (Lipinski definition) is 3. The first-order chi connectivity index (χ1) is 8.61. The summed E-state index contributed by atoms with van der Waals surface area (Å²) < 4.78 is 17.8. The average molecular weight is 251 g/mol. The van der Waals surface area contributed by atoms with Crippen LogP contribution in [0.5, 0.6) is 0 Å². The molecule has 0 N–H and O–H groups in total. The van der Waals surface area contributed by atoms with E-state index in [2.05, 4.69) is 4.90 Å². The lowest BCUT2D eigenvalue weighted by Crippen LogP contribution is -2.40. The molecule has 98 valence electrons. The number of rotatable bonds is 2. The van der Waals surface area contributed by atoms with Gasteiger partial charge in [0.25, 0.3) is 0 Å². The van der Waals surface area contributed by atoms with Crippen molar-refractivity contribution in [2.75, 3.05) is 27.2 Å². The Morgan fingerprint density at radius 1 is 1.39 bits per heavy atom. The van der Waals surface area contributed by atoms with Crippen LogP contribution in [0.3, 0.4) is 0 Å². The van der Waals surface area contributed by atoms with Crippen molar-refractivity contribution in [3.05, 3.63) is 35.6 Å². The highest BCUT2D eigenvalue weighted by Gasteiger charge is 2.34. The van der Waals surface area contributed by atoms with Crippen molar-refractivity contribution in [3.8, 4) is 0 Å². The van der Waals surface area contributed by atoms with Gasteiger partial charge in [0.05, 0.1) is 13.0 Å². The van der Waals surface area contributed by atoms with Crippen molar-refractivity contribution < 1.29 is 13.9 Å². The number of likely N-dealkylation sites (tertiary alicyclic amines) is 1. The summed E-state index contributed by atoms with van der Waals surface area (Å²) in [5, 5.41) is 0. The molecule has 1 aromatic rings. The molecule has 0 radical (unpaired) electrons. The fourth-order valence-electron chi connectivity index (χ4n) is 2.60. The first kappa shape index (κ1) is 13.0. The summed E-state index contributed by atoms with van der Waals surface area (Å²) in [4.78, 5) is 14.0. The molecule has 4 heteroatoms. The van der Waals surface area contributed by atoms with Crippen molar-refractivity contribution in [2.45, 2.75) is 12.3 Å². The first-order valence-electron chi connectivity index (χ1n) is 6.13. The third kappa shape index (κ3) is 2.70. The molecule has 2 rings (SSSR count). The minimum atomic E-state index is -0.252. The van der Waals surface area contributed by atoms with E-state index in [4.69, 9.17) is 4.74 Å². The molecule has 0 aliphatic carbocycles. The molecule has 1 fully saturated rings. The van der Waals surface area contributed by atoms with Gasteiger partial charge in [0.1, 0.15) is 5.82 Å². The van der Waals surface area contributed by atoms with Gasteiger partial charge in [0.15, 0.2) is 0 Å². The van der Waals surface area contributed by atoms with E-state index in [0.717, 1.165) is 25.1 Å². The van der Waals surface area contributed by atoms with Crippen LogP contribution < -0.4 is 0 Å². The Morgan fingerprint density at radius 2 is 2.06 bits per heavy atom. The second-order valence-electron chi connectivity index (χ2n) is 4.84. The van der Waals surface area contributed by atoms with Crippen LogP contribution in [0.2, 0.25) is 0 Å². The Morgan fingerprint density at radius 3 is 2.67 bits per heavy atom. The molecule has 3 nitrogen and oxygen atoms in total. The summed E-state index contributed by atoms with van der Waals surface area (Å²) >= 11 is 0. The van der Waals surface area contributed by atoms with E-state index in [1.807, 2.05) is 7.05 Å². The summed E-state index contributed by atoms with van der Waals surface area (Å²) in [5.74, 6) is -0.469. The highest BCUT2D eigenvalue weighted by molar-refractivity contribution is 5.73. The third-order valence-corrected chi connectivity index (χ3v) is 3.62. The highest BCUT2D eigenvalue weighted by atomic mass is 19.1. The lowest BCUT2D eigenvalue weighted by molar-refractivity contribution is -0.147. The van der Waals surface area contributed by atoms with Gasteiger partial charge in [-0.05, 0) is 37.7 Å². The van der Waals surface area contributed by atoms with Crippen molar-refractivity contribution >= 4 is 5.97 Å².